The number of halogens is 4. The number of carbonyl (C=O) groups is 1. The number of para-hydroxylation sites is 1. The minimum absolute atomic E-state index is 0. The highest BCUT2D eigenvalue weighted by atomic mass is 35.5. The number of fused-ring (bicyclic) bond motifs is 1. The second-order valence-corrected chi connectivity index (χ2v) is 4.92. The summed E-state index contributed by atoms with van der Waals surface area (Å²) in [5.41, 5.74) is 0.456. The number of rotatable bonds is 3. The van der Waals surface area contributed by atoms with Crippen LogP contribution in [0.15, 0.2) is 48.5 Å². The molecular formula is C16H11ClF3N3O2. The van der Waals surface area contributed by atoms with Crippen LogP contribution in [-0.4, -0.2) is 21.0 Å². The molecule has 1 heterocycles. The largest absolute Gasteiger partial charge is 0.478 e. The van der Waals surface area contributed by atoms with Crippen LogP contribution in [0.2, 0.25) is 0 Å². The molecule has 0 saturated carbocycles. The van der Waals surface area contributed by atoms with E-state index in [0.717, 1.165) is 0 Å². The first-order chi connectivity index (χ1) is 11.3. The third-order valence-corrected chi connectivity index (χ3v) is 3.23. The molecule has 0 amide bonds. The van der Waals surface area contributed by atoms with Gasteiger partial charge in [0.15, 0.2) is 0 Å². The number of nitrogens with one attached hydrogen (secondary N) is 1. The Bertz CT molecular complexity index is 932. The van der Waals surface area contributed by atoms with Gasteiger partial charge in [-0.05, 0) is 30.3 Å². The van der Waals surface area contributed by atoms with E-state index in [1.807, 2.05) is 0 Å². The SMILES string of the molecule is Cl.O=C(O)c1cccc(Nc2nc(C(F)(F)F)nc3ccccc23)c1. The Kier molecular flexibility index (Phi) is 5.13. The summed E-state index contributed by atoms with van der Waals surface area (Å²) in [6.07, 6.45) is -4.69. The number of alkyl halides is 3. The monoisotopic (exact) mass is 369 g/mol. The van der Waals surface area contributed by atoms with Gasteiger partial charge in [0.25, 0.3) is 0 Å². The molecule has 1 aromatic heterocycles. The Morgan fingerprint density at radius 3 is 2.44 bits per heavy atom. The summed E-state index contributed by atoms with van der Waals surface area (Å²) in [5, 5.41) is 12.1. The quantitative estimate of drug-likeness (QED) is 0.710. The maximum absolute atomic E-state index is 13.0. The van der Waals surface area contributed by atoms with Crippen LogP contribution >= 0.6 is 12.4 Å². The molecule has 0 aliphatic carbocycles. The van der Waals surface area contributed by atoms with Crippen molar-refractivity contribution in [3.05, 3.63) is 59.9 Å². The van der Waals surface area contributed by atoms with Crippen LogP contribution in [0.1, 0.15) is 16.2 Å². The van der Waals surface area contributed by atoms with Crippen LogP contribution in [0.3, 0.4) is 0 Å². The third-order valence-electron chi connectivity index (χ3n) is 3.23. The summed E-state index contributed by atoms with van der Waals surface area (Å²) in [6.45, 7) is 0. The van der Waals surface area contributed by atoms with Crippen molar-refractivity contribution in [3.63, 3.8) is 0 Å². The molecule has 9 heteroatoms. The number of benzene rings is 2. The molecule has 0 spiro atoms. The van der Waals surface area contributed by atoms with E-state index >= 15 is 0 Å². The van der Waals surface area contributed by atoms with E-state index in [-0.39, 0.29) is 29.3 Å². The van der Waals surface area contributed by atoms with Gasteiger partial charge >= 0.3 is 12.1 Å². The summed E-state index contributed by atoms with van der Waals surface area (Å²) < 4.78 is 38.9. The number of anilines is 2. The van der Waals surface area contributed by atoms with Crippen LogP contribution in [-0.2, 0) is 6.18 Å². The number of carboxylic acid groups (broad SMARTS) is 1. The standard InChI is InChI=1S/C16H10F3N3O2.ClH/c17-16(18,19)15-21-12-7-2-1-6-11(12)13(22-15)20-10-5-3-4-9(8-10)14(23)24;/h1-8H,(H,23,24)(H,20,21,22);1H. The summed E-state index contributed by atoms with van der Waals surface area (Å²) in [7, 11) is 0. The normalized spacial score (nSPS) is 11.0. The molecule has 3 aromatic rings. The maximum Gasteiger partial charge on any atom is 0.451 e. The summed E-state index contributed by atoms with van der Waals surface area (Å²) in [6, 6.07) is 12.0. The summed E-state index contributed by atoms with van der Waals surface area (Å²) in [5.74, 6) is -2.45. The highest BCUT2D eigenvalue weighted by Crippen LogP contribution is 2.31. The molecule has 0 fully saturated rings. The van der Waals surface area contributed by atoms with Crippen molar-refractivity contribution in [2.45, 2.75) is 6.18 Å². The average molecular weight is 370 g/mol. The predicted octanol–water partition coefficient (Wildman–Crippen LogP) is 4.51. The van der Waals surface area contributed by atoms with Crippen molar-refractivity contribution in [2.75, 3.05) is 5.32 Å². The van der Waals surface area contributed by atoms with Gasteiger partial charge in [-0.1, -0.05) is 18.2 Å². The molecule has 0 aliphatic rings. The van der Waals surface area contributed by atoms with Gasteiger partial charge in [0.05, 0.1) is 11.1 Å². The highest BCUT2D eigenvalue weighted by Gasteiger charge is 2.35. The smallest absolute Gasteiger partial charge is 0.451 e. The maximum atomic E-state index is 13.0. The second-order valence-electron chi connectivity index (χ2n) is 4.92. The summed E-state index contributed by atoms with van der Waals surface area (Å²) in [4.78, 5) is 18.1. The minimum atomic E-state index is -4.69. The van der Waals surface area contributed by atoms with Crippen molar-refractivity contribution >= 4 is 40.8 Å². The zero-order chi connectivity index (χ0) is 17.3. The first kappa shape index (κ1) is 18.5. The fourth-order valence-corrected chi connectivity index (χ4v) is 2.17. The second kappa shape index (κ2) is 6.94. The molecule has 25 heavy (non-hydrogen) atoms. The number of aromatic carboxylic acids is 1. The number of hydrogen-bond acceptors (Lipinski definition) is 4. The molecule has 3 rings (SSSR count). The van der Waals surface area contributed by atoms with E-state index in [0.29, 0.717) is 11.1 Å². The number of aromatic nitrogens is 2. The molecule has 0 bridgehead atoms. The zero-order valence-corrected chi connectivity index (χ0v) is 13.2. The lowest BCUT2D eigenvalue weighted by Gasteiger charge is -2.12. The molecular weight excluding hydrogens is 359 g/mol. The molecule has 0 unspecified atom stereocenters. The topological polar surface area (TPSA) is 75.1 Å². The fraction of sp³-hybridized carbons (Fsp3) is 0.0625. The van der Waals surface area contributed by atoms with Crippen LogP contribution in [0, 0.1) is 0 Å². The molecule has 0 aliphatic heterocycles. The van der Waals surface area contributed by atoms with E-state index in [9.17, 15) is 18.0 Å². The molecule has 2 N–H and O–H groups in total. The van der Waals surface area contributed by atoms with Gasteiger partial charge in [-0.25, -0.2) is 14.8 Å². The number of hydrogen-bond donors (Lipinski definition) is 2. The van der Waals surface area contributed by atoms with Crippen LogP contribution in [0.25, 0.3) is 10.9 Å². The van der Waals surface area contributed by atoms with Crippen molar-refractivity contribution in [1.82, 2.24) is 9.97 Å². The Morgan fingerprint density at radius 1 is 1.04 bits per heavy atom. The average Bonchev–Trinajstić information content (AvgIpc) is 2.54. The van der Waals surface area contributed by atoms with Crippen molar-refractivity contribution in [2.24, 2.45) is 0 Å². The van der Waals surface area contributed by atoms with E-state index < -0.39 is 18.0 Å². The van der Waals surface area contributed by atoms with Crippen molar-refractivity contribution in [1.29, 1.82) is 0 Å². The minimum Gasteiger partial charge on any atom is -0.478 e. The van der Waals surface area contributed by atoms with E-state index in [4.69, 9.17) is 5.11 Å². The Hall–Kier alpha value is -2.87. The van der Waals surface area contributed by atoms with Gasteiger partial charge in [0.2, 0.25) is 5.82 Å². The van der Waals surface area contributed by atoms with Gasteiger partial charge < -0.3 is 10.4 Å². The van der Waals surface area contributed by atoms with Crippen molar-refractivity contribution in [3.8, 4) is 0 Å². The van der Waals surface area contributed by atoms with Gasteiger partial charge in [0.1, 0.15) is 5.82 Å². The van der Waals surface area contributed by atoms with Gasteiger partial charge in [-0.3, -0.25) is 0 Å². The third kappa shape index (κ3) is 3.97. The summed E-state index contributed by atoms with van der Waals surface area (Å²) >= 11 is 0. The first-order valence-electron chi connectivity index (χ1n) is 6.79. The molecule has 0 atom stereocenters. The molecule has 130 valence electrons. The first-order valence-corrected chi connectivity index (χ1v) is 6.79. The molecule has 0 saturated heterocycles. The highest BCUT2D eigenvalue weighted by molar-refractivity contribution is 5.92. The lowest BCUT2D eigenvalue weighted by atomic mass is 10.2. The van der Waals surface area contributed by atoms with Crippen LogP contribution < -0.4 is 5.32 Å². The predicted molar refractivity (Wildman–Crippen MR) is 88.5 cm³/mol. The zero-order valence-electron chi connectivity index (χ0n) is 12.4. The van der Waals surface area contributed by atoms with Crippen LogP contribution in [0.4, 0.5) is 24.7 Å². The lowest BCUT2D eigenvalue weighted by Crippen LogP contribution is -2.12. The Balaban J connectivity index is 0.00000225. The van der Waals surface area contributed by atoms with Crippen molar-refractivity contribution < 1.29 is 23.1 Å². The Morgan fingerprint density at radius 2 is 1.76 bits per heavy atom. The molecule has 5 nitrogen and oxygen atoms in total. The van der Waals surface area contributed by atoms with E-state index in [2.05, 4.69) is 15.3 Å². The van der Waals surface area contributed by atoms with Gasteiger partial charge in [-0.2, -0.15) is 13.2 Å². The number of nitrogens with zero attached hydrogens (tertiary/aromatic N) is 2. The van der Waals surface area contributed by atoms with E-state index in [1.54, 1.807) is 18.2 Å². The Labute approximate surface area is 145 Å². The molecule has 2 aromatic carbocycles. The molecule has 0 radical (unpaired) electrons. The van der Waals surface area contributed by atoms with Crippen LogP contribution in [0.5, 0.6) is 0 Å². The van der Waals surface area contributed by atoms with Gasteiger partial charge in [0, 0.05) is 11.1 Å². The fourth-order valence-electron chi connectivity index (χ4n) is 2.17. The van der Waals surface area contributed by atoms with E-state index in [1.165, 1.54) is 30.3 Å². The van der Waals surface area contributed by atoms with Gasteiger partial charge in [-0.15, -0.1) is 12.4 Å². The lowest BCUT2D eigenvalue weighted by molar-refractivity contribution is -0.144. The number of carboxylic acids is 1.